The summed E-state index contributed by atoms with van der Waals surface area (Å²) in [6, 6.07) is 2.21. The van der Waals surface area contributed by atoms with Crippen molar-refractivity contribution >= 4 is 11.8 Å². The number of nitrogens with zero attached hydrogens (tertiary/aromatic N) is 3. The van der Waals surface area contributed by atoms with E-state index < -0.39 is 0 Å². The van der Waals surface area contributed by atoms with Crippen LogP contribution in [0.1, 0.15) is 44.0 Å². The smallest absolute Gasteiger partial charge is 0.244 e. The Morgan fingerprint density at radius 3 is 2.77 bits per heavy atom. The molecule has 2 rings (SSSR count). The van der Waals surface area contributed by atoms with Crippen molar-refractivity contribution in [2.24, 2.45) is 0 Å². The van der Waals surface area contributed by atoms with Gasteiger partial charge in [0.2, 0.25) is 11.8 Å². The summed E-state index contributed by atoms with van der Waals surface area (Å²) < 4.78 is 1.77. The summed E-state index contributed by atoms with van der Waals surface area (Å²) in [7, 11) is 0. The minimum Gasteiger partial charge on any atom is -0.356 e. The number of hydrogen-bond acceptors (Lipinski definition) is 3. The fraction of sp³-hybridized carbons (Fsp3) is 0.688. The molecule has 1 unspecified atom stereocenters. The normalized spacial score (nSPS) is 18.3. The highest BCUT2D eigenvalue weighted by Crippen LogP contribution is 2.20. The molecule has 1 aromatic rings. The van der Waals surface area contributed by atoms with Gasteiger partial charge < -0.3 is 10.2 Å². The van der Waals surface area contributed by atoms with Crippen LogP contribution in [0.2, 0.25) is 0 Å². The van der Waals surface area contributed by atoms with Crippen LogP contribution >= 0.6 is 0 Å². The largest absolute Gasteiger partial charge is 0.356 e. The highest BCUT2D eigenvalue weighted by atomic mass is 16.2. The maximum atomic E-state index is 12.6. The standard InChI is InChI=1S/C16H26N4O2/c1-12-10-13(2)20(18-12)11-16(22)19-9-5-4-6-15(19)7-8-17-14(3)21/h10,15H,4-9,11H2,1-3H3,(H,17,21). The van der Waals surface area contributed by atoms with E-state index in [0.29, 0.717) is 13.1 Å². The third-order valence-corrected chi connectivity index (χ3v) is 4.19. The van der Waals surface area contributed by atoms with E-state index in [9.17, 15) is 9.59 Å². The molecule has 122 valence electrons. The molecule has 0 spiro atoms. The molecule has 0 radical (unpaired) electrons. The monoisotopic (exact) mass is 306 g/mol. The van der Waals surface area contributed by atoms with Crippen molar-refractivity contribution in [3.63, 3.8) is 0 Å². The van der Waals surface area contributed by atoms with Gasteiger partial charge in [-0.05, 0) is 45.6 Å². The third-order valence-electron chi connectivity index (χ3n) is 4.19. The average Bonchev–Trinajstić information content (AvgIpc) is 2.77. The van der Waals surface area contributed by atoms with Crippen LogP contribution in [-0.2, 0) is 16.1 Å². The molecule has 0 bridgehead atoms. The minimum atomic E-state index is -0.0173. The zero-order valence-corrected chi connectivity index (χ0v) is 13.8. The summed E-state index contributed by atoms with van der Waals surface area (Å²) in [6.45, 7) is 7.17. The van der Waals surface area contributed by atoms with Crippen molar-refractivity contribution in [1.82, 2.24) is 20.0 Å². The topological polar surface area (TPSA) is 67.2 Å². The molecule has 1 aromatic heterocycles. The number of amides is 2. The van der Waals surface area contributed by atoms with E-state index in [1.807, 2.05) is 24.8 Å². The van der Waals surface area contributed by atoms with Gasteiger partial charge in [0.15, 0.2) is 0 Å². The molecule has 1 N–H and O–H groups in total. The Labute approximate surface area is 131 Å². The highest BCUT2D eigenvalue weighted by molar-refractivity contribution is 5.76. The number of rotatable bonds is 5. The lowest BCUT2D eigenvalue weighted by Gasteiger charge is -2.36. The molecule has 1 aliphatic rings. The Bertz CT molecular complexity index is 538. The molecule has 2 amide bonds. The fourth-order valence-corrected chi connectivity index (χ4v) is 3.10. The second-order valence-electron chi connectivity index (χ2n) is 6.09. The van der Waals surface area contributed by atoms with Gasteiger partial charge in [-0.2, -0.15) is 5.10 Å². The van der Waals surface area contributed by atoms with Gasteiger partial charge in [0, 0.05) is 31.7 Å². The number of carbonyl (C=O) groups is 2. The number of aryl methyl sites for hydroxylation is 2. The lowest BCUT2D eigenvalue weighted by molar-refractivity contribution is -0.135. The van der Waals surface area contributed by atoms with Crippen molar-refractivity contribution in [2.75, 3.05) is 13.1 Å². The van der Waals surface area contributed by atoms with Crippen LogP contribution in [0.15, 0.2) is 6.07 Å². The van der Waals surface area contributed by atoms with E-state index in [-0.39, 0.29) is 17.9 Å². The maximum absolute atomic E-state index is 12.6. The van der Waals surface area contributed by atoms with E-state index in [0.717, 1.165) is 43.6 Å². The molecule has 0 aromatic carbocycles. The zero-order chi connectivity index (χ0) is 16.1. The van der Waals surface area contributed by atoms with E-state index in [1.54, 1.807) is 4.68 Å². The van der Waals surface area contributed by atoms with Crippen molar-refractivity contribution < 1.29 is 9.59 Å². The molecule has 6 heteroatoms. The van der Waals surface area contributed by atoms with Crippen LogP contribution in [0.3, 0.4) is 0 Å². The van der Waals surface area contributed by atoms with Gasteiger partial charge in [0.1, 0.15) is 6.54 Å². The van der Waals surface area contributed by atoms with E-state index in [1.165, 1.54) is 6.92 Å². The van der Waals surface area contributed by atoms with Crippen LogP contribution in [-0.4, -0.2) is 45.6 Å². The first kappa shape index (κ1) is 16.5. The number of piperidine rings is 1. The second kappa shape index (κ2) is 7.42. The van der Waals surface area contributed by atoms with Gasteiger partial charge in [-0.15, -0.1) is 0 Å². The van der Waals surface area contributed by atoms with E-state index in [4.69, 9.17) is 0 Å². The highest BCUT2D eigenvalue weighted by Gasteiger charge is 2.26. The maximum Gasteiger partial charge on any atom is 0.244 e. The molecular formula is C16H26N4O2. The quantitative estimate of drug-likeness (QED) is 0.894. The van der Waals surface area contributed by atoms with Crippen LogP contribution in [0, 0.1) is 13.8 Å². The van der Waals surface area contributed by atoms with Gasteiger partial charge >= 0.3 is 0 Å². The first-order valence-corrected chi connectivity index (χ1v) is 8.02. The average molecular weight is 306 g/mol. The zero-order valence-electron chi connectivity index (χ0n) is 13.8. The Morgan fingerprint density at radius 1 is 1.36 bits per heavy atom. The lowest BCUT2D eigenvalue weighted by Crippen LogP contribution is -2.46. The van der Waals surface area contributed by atoms with Crippen molar-refractivity contribution in [3.05, 3.63) is 17.5 Å². The molecule has 1 atom stereocenters. The van der Waals surface area contributed by atoms with Gasteiger partial charge in [0.25, 0.3) is 0 Å². The van der Waals surface area contributed by atoms with Gasteiger partial charge in [0.05, 0.1) is 5.69 Å². The van der Waals surface area contributed by atoms with Gasteiger partial charge in [-0.25, -0.2) is 0 Å². The minimum absolute atomic E-state index is 0.0173. The number of nitrogens with one attached hydrogen (secondary N) is 1. The summed E-state index contributed by atoms with van der Waals surface area (Å²) in [5.74, 6) is 0.107. The summed E-state index contributed by atoms with van der Waals surface area (Å²) in [4.78, 5) is 25.6. The predicted octanol–water partition coefficient (Wildman–Crippen LogP) is 1.41. The summed E-state index contributed by atoms with van der Waals surface area (Å²) in [6.07, 6.45) is 4.04. The lowest BCUT2D eigenvalue weighted by atomic mass is 9.99. The van der Waals surface area contributed by atoms with Crippen LogP contribution in [0.4, 0.5) is 0 Å². The van der Waals surface area contributed by atoms with Gasteiger partial charge in [-0.3, -0.25) is 14.3 Å². The summed E-state index contributed by atoms with van der Waals surface area (Å²) in [5.41, 5.74) is 1.95. The van der Waals surface area contributed by atoms with E-state index in [2.05, 4.69) is 10.4 Å². The van der Waals surface area contributed by atoms with Crippen molar-refractivity contribution in [2.45, 2.75) is 59.0 Å². The number of carbonyl (C=O) groups excluding carboxylic acids is 2. The van der Waals surface area contributed by atoms with Crippen LogP contribution in [0.5, 0.6) is 0 Å². The van der Waals surface area contributed by atoms with Gasteiger partial charge in [-0.1, -0.05) is 0 Å². The molecule has 1 saturated heterocycles. The molecular weight excluding hydrogens is 280 g/mol. The van der Waals surface area contributed by atoms with Crippen molar-refractivity contribution in [1.29, 1.82) is 0 Å². The number of aromatic nitrogens is 2. The molecule has 1 fully saturated rings. The fourth-order valence-electron chi connectivity index (χ4n) is 3.10. The Hall–Kier alpha value is -1.85. The molecule has 1 aliphatic heterocycles. The van der Waals surface area contributed by atoms with Crippen LogP contribution in [0.25, 0.3) is 0 Å². The molecule has 0 saturated carbocycles. The Kier molecular flexibility index (Phi) is 5.57. The Morgan fingerprint density at radius 2 is 2.14 bits per heavy atom. The summed E-state index contributed by atoms with van der Waals surface area (Å²) >= 11 is 0. The first-order chi connectivity index (χ1) is 10.5. The second-order valence-corrected chi connectivity index (χ2v) is 6.09. The molecule has 2 heterocycles. The predicted molar refractivity (Wildman–Crippen MR) is 84.4 cm³/mol. The number of likely N-dealkylation sites (tertiary alicyclic amines) is 1. The Balaban J connectivity index is 1.95. The SMILES string of the molecule is CC(=O)NCCC1CCCCN1C(=O)Cn1nc(C)cc1C. The van der Waals surface area contributed by atoms with Crippen LogP contribution < -0.4 is 5.32 Å². The molecule has 0 aliphatic carbocycles. The van der Waals surface area contributed by atoms with E-state index >= 15 is 0 Å². The first-order valence-electron chi connectivity index (χ1n) is 8.02. The number of hydrogen-bond donors (Lipinski definition) is 1. The third kappa shape index (κ3) is 4.32. The molecule has 22 heavy (non-hydrogen) atoms. The molecule has 6 nitrogen and oxygen atoms in total. The summed E-state index contributed by atoms with van der Waals surface area (Å²) in [5, 5.41) is 7.19. The van der Waals surface area contributed by atoms with Crippen molar-refractivity contribution in [3.8, 4) is 0 Å².